The molecule has 5 nitrogen and oxygen atoms in total. The summed E-state index contributed by atoms with van der Waals surface area (Å²) in [5, 5.41) is 3.17. The minimum atomic E-state index is -0.236. The Kier molecular flexibility index (Phi) is 5.30. The molecule has 5 heteroatoms. The van der Waals surface area contributed by atoms with Crippen LogP contribution in [0, 0.1) is 6.92 Å². The van der Waals surface area contributed by atoms with E-state index in [4.69, 9.17) is 9.47 Å². The Labute approximate surface area is 107 Å². The molecule has 0 heterocycles. The van der Waals surface area contributed by atoms with Crippen LogP contribution in [0.5, 0.6) is 11.5 Å². The predicted octanol–water partition coefficient (Wildman–Crippen LogP) is 1.99. The average Bonchev–Trinajstić information content (AvgIpc) is 2.39. The maximum atomic E-state index is 11.0. The summed E-state index contributed by atoms with van der Waals surface area (Å²) < 4.78 is 15.0. The van der Waals surface area contributed by atoms with E-state index in [1.807, 2.05) is 19.1 Å². The Balaban J connectivity index is 2.73. The number of anilines is 1. The number of ether oxygens (including phenoxy) is 3. The molecule has 0 saturated carbocycles. The van der Waals surface area contributed by atoms with E-state index in [9.17, 15) is 4.79 Å². The second-order valence-corrected chi connectivity index (χ2v) is 3.78. The first kappa shape index (κ1) is 14.2. The molecule has 0 saturated heterocycles. The summed E-state index contributed by atoms with van der Waals surface area (Å²) in [4.78, 5) is 11.0. The fraction of sp³-hybridized carbons (Fsp3) is 0.462. The Morgan fingerprint density at radius 1 is 1.17 bits per heavy atom. The second kappa shape index (κ2) is 6.74. The summed E-state index contributed by atoms with van der Waals surface area (Å²) in [5.41, 5.74) is 1.94. The van der Waals surface area contributed by atoms with Crippen molar-refractivity contribution in [1.82, 2.24) is 0 Å². The summed E-state index contributed by atoms with van der Waals surface area (Å²) in [6, 6.07) is 3.74. The Bertz CT molecular complexity index is 418. The first-order valence-electron chi connectivity index (χ1n) is 5.65. The third-order valence-corrected chi connectivity index (χ3v) is 2.60. The van der Waals surface area contributed by atoms with Gasteiger partial charge in [0.25, 0.3) is 0 Å². The lowest BCUT2D eigenvalue weighted by Gasteiger charge is -2.14. The van der Waals surface area contributed by atoms with Gasteiger partial charge < -0.3 is 19.5 Å². The third-order valence-electron chi connectivity index (χ3n) is 2.60. The van der Waals surface area contributed by atoms with Crippen molar-refractivity contribution in [2.75, 3.05) is 33.2 Å². The fourth-order valence-electron chi connectivity index (χ4n) is 1.57. The molecule has 1 aromatic rings. The average molecular weight is 253 g/mol. The van der Waals surface area contributed by atoms with Gasteiger partial charge in [-0.25, -0.2) is 0 Å². The molecule has 0 spiro atoms. The number of carbonyl (C=O) groups is 1. The molecule has 0 fully saturated rings. The summed E-state index contributed by atoms with van der Waals surface area (Å²) in [5.74, 6) is 1.11. The van der Waals surface area contributed by atoms with Crippen molar-refractivity contribution in [2.45, 2.75) is 13.3 Å². The molecule has 0 aromatic heterocycles. The monoisotopic (exact) mass is 253 g/mol. The van der Waals surface area contributed by atoms with E-state index in [-0.39, 0.29) is 5.97 Å². The zero-order chi connectivity index (χ0) is 13.5. The van der Waals surface area contributed by atoms with Crippen molar-refractivity contribution >= 4 is 11.7 Å². The maximum Gasteiger partial charge on any atom is 0.307 e. The molecule has 0 aliphatic heterocycles. The molecule has 0 aliphatic rings. The highest BCUT2D eigenvalue weighted by molar-refractivity contribution is 5.70. The number of hydrogen-bond donors (Lipinski definition) is 1. The molecule has 0 amide bonds. The van der Waals surface area contributed by atoms with Crippen LogP contribution in [0.25, 0.3) is 0 Å². The molecule has 100 valence electrons. The Hall–Kier alpha value is -1.91. The van der Waals surface area contributed by atoms with E-state index in [2.05, 4.69) is 10.1 Å². The molecular formula is C13H19NO4. The Morgan fingerprint density at radius 3 is 2.33 bits per heavy atom. The number of aryl methyl sites for hydroxylation is 1. The standard InChI is InChI=1S/C13H19NO4/c1-9-7-11(16-2)12(17-3)8-10(9)14-6-5-13(15)18-4/h7-8,14H,5-6H2,1-4H3. The molecule has 1 rings (SSSR count). The zero-order valence-corrected chi connectivity index (χ0v) is 11.2. The lowest BCUT2D eigenvalue weighted by molar-refractivity contribution is -0.140. The SMILES string of the molecule is COC(=O)CCNc1cc(OC)c(OC)cc1C. The van der Waals surface area contributed by atoms with Crippen LogP contribution >= 0.6 is 0 Å². The number of carbonyl (C=O) groups excluding carboxylic acids is 1. The first-order valence-corrected chi connectivity index (χ1v) is 5.65. The predicted molar refractivity (Wildman–Crippen MR) is 69.4 cm³/mol. The number of esters is 1. The number of benzene rings is 1. The molecule has 18 heavy (non-hydrogen) atoms. The van der Waals surface area contributed by atoms with Crippen molar-refractivity contribution in [3.8, 4) is 11.5 Å². The zero-order valence-electron chi connectivity index (χ0n) is 11.2. The topological polar surface area (TPSA) is 56.8 Å². The van der Waals surface area contributed by atoms with Gasteiger partial charge in [0.05, 0.1) is 27.8 Å². The second-order valence-electron chi connectivity index (χ2n) is 3.78. The fourth-order valence-corrected chi connectivity index (χ4v) is 1.57. The van der Waals surface area contributed by atoms with Crippen LogP contribution in [-0.4, -0.2) is 33.8 Å². The van der Waals surface area contributed by atoms with Crippen LogP contribution in [0.4, 0.5) is 5.69 Å². The summed E-state index contributed by atoms with van der Waals surface area (Å²) in [7, 11) is 4.57. The van der Waals surface area contributed by atoms with Crippen LogP contribution in [0.15, 0.2) is 12.1 Å². The van der Waals surface area contributed by atoms with Crippen LogP contribution in [0.2, 0.25) is 0 Å². The highest BCUT2D eigenvalue weighted by Crippen LogP contribution is 2.32. The van der Waals surface area contributed by atoms with Gasteiger partial charge in [-0.1, -0.05) is 0 Å². The number of nitrogens with one attached hydrogen (secondary N) is 1. The van der Waals surface area contributed by atoms with Crippen LogP contribution < -0.4 is 14.8 Å². The molecule has 0 radical (unpaired) electrons. The summed E-state index contributed by atoms with van der Waals surface area (Å²) in [6.07, 6.45) is 0.324. The van der Waals surface area contributed by atoms with Crippen LogP contribution in [0.1, 0.15) is 12.0 Å². The van der Waals surface area contributed by atoms with Crippen molar-refractivity contribution in [3.05, 3.63) is 17.7 Å². The molecule has 1 N–H and O–H groups in total. The van der Waals surface area contributed by atoms with Gasteiger partial charge in [0.1, 0.15) is 0 Å². The van der Waals surface area contributed by atoms with E-state index in [0.717, 1.165) is 11.3 Å². The maximum absolute atomic E-state index is 11.0. The molecule has 0 atom stereocenters. The van der Waals surface area contributed by atoms with Crippen molar-refractivity contribution < 1.29 is 19.0 Å². The van der Waals surface area contributed by atoms with Crippen molar-refractivity contribution in [1.29, 1.82) is 0 Å². The van der Waals surface area contributed by atoms with Gasteiger partial charge in [0, 0.05) is 18.3 Å². The first-order chi connectivity index (χ1) is 8.62. The largest absolute Gasteiger partial charge is 0.493 e. The molecule has 0 unspecified atom stereocenters. The van der Waals surface area contributed by atoms with E-state index in [1.165, 1.54) is 7.11 Å². The smallest absolute Gasteiger partial charge is 0.307 e. The minimum Gasteiger partial charge on any atom is -0.493 e. The van der Waals surface area contributed by atoms with Gasteiger partial charge in [-0.3, -0.25) is 4.79 Å². The molecule has 0 aliphatic carbocycles. The van der Waals surface area contributed by atoms with Gasteiger partial charge in [0.2, 0.25) is 0 Å². The van der Waals surface area contributed by atoms with Gasteiger partial charge in [-0.15, -0.1) is 0 Å². The lowest BCUT2D eigenvalue weighted by Crippen LogP contribution is -2.10. The lowest BCUT2D eigenvalue weighted by atomic mass is 10.1. The Morgan fingerprint density at radius 2 is 1.78 bits per heavy atom. The van der Waals surface area contributed by atoms with E-state index >= 15 is 0 Å². The van der Waals surface area contributed by atoms with Crippen molar-refractivity contribution in [2.24, 2.45) is 0 Å². The molecule has 0 bridgehead atoms. The van der Waals surface area contributed by atoms with Gasteiger partial charge >= 0.3 is 5.97 Å². The number of methoxy groups -OCH3 is 3. The van der Waals surface area contributed by atoms with Crippen molar-refractivity contribution in [3.63, 3.8) is 0 Å². The van der Waals surface area contributed by atoms with Crippen LogP contribution in [-0.2, 0) is 9.53 Å². The number of hydrogen-bond acceptors (Lipinski definition) is 5. The highest BCUT2D eigenvalue weighted by atomic mass is 16.5. The summed E-state index contributed by atoms with van der Waals surface area (Å²) >= 11 is 0. The minimum absolute atomic E-state index is 0.236. The van der Waals surface area contributed by atoms with E-state index in [0.29, 0.717) is 24.5 Å². The molecular weight excluding hydrogens is 234 g/mol. The van der Waals surface area contributed by atoms with E-state index in [1.54, 1.807) is 14.2 Å². The quantitative estimate of drug-likeness (QED) is 0.786. The van der Waals surface area contributed by atoms with Gasteiger partial charge in [-0.2, -0.15) is 0 Å². The third kappa shape index (κ3) is 3.55. The number of rotatable bonds is 6. The van der Waals surface area contributed by atoms with Crippen LogP contribution in [0.3, 0.4) is 0 Å². The normalized spacial score (nSPS) is 9.78. The molecule has 1 aromatic carbocycles. The highest BCUT2D eigenvalue weighted by Gasteiger charge is 2.08. The van der Waals surface area contributed by atoms with Gasteiger partial charge in [-0.05, 0) is 18.6 Å². The summed E-state index contributed by atoms with van der Waals surface area (Å²) in [6.45, 7) is 2.48. The van der Waals surface area contributed by atoms with E-state index < -0.39 is 0 Å². The van der Waals surface area contributed by atoms with Gasteiger partial charge in [0.15, 0.2) is 11.5 Å².